The van der Waals surface area contributed by atoms with E-state index >= 15 is 0 Å². The van der Waals surface area contributed by atoms with Crippen molar-refractivity contribution in [1.82, 2.24) is 10.9 Å². The average Bonchev–Trinajstić information content (AvgIpc) is 2.71. The molecule has 2 aromatic rings. The Morgan fingerprint density at radius 3 is 2.14 bits per heavy atom. The number of esters is 1. The van der Waals surface area contributed by atoms with Crippen molar-refractivity contribution in [2.75, 3.05) is 13.2 Å². The molecule has 2 N–H and O–H groups in total. The van der Waals surface area contributed by atoms with Crippen molar-refractivity contribution in [3.05, 3.63) is 65.2 Å². The van der Waals surface area contributed by atoms with Crippen LogP contribution in [-0.2, 0) is 19.1 Å². The molecule has 28 heavy (non-hydrogen) atoms. The zero-order valence-electron chi connectivity index (χ0n) is 15.3. The maximum atomic E-state index is 12.2. The smallest absolute Gasteiger partial charge is 0.313 e. The van der Waals surface area contributed by atoms with E-state index in [1.807, 2.05) is 37.3 Å². The molecule has 0 aliphatic rings. The lowest BCUT2D eigenvalue weighted by molar-refractivity contribution is -0.150. The molecule has 0 bridgehead atoms. The maximum absolute atomic E-state index is 12.2. The Hall–Kier alpha value is -3.06. The highest BCUT2D eigenvalue weighted by atomic mass is 35.5. The van der Waals surface area contributed by atoms with Crippen molar-refractivity contribution in [2.45, 2.75) is 19.3 Å². The van der Waals surface area contributed by atoms with Gasteiger partial charge in [-0.25, -0.2) is 0 Å². The molecule has 0 saturated heterocycles. The van der Waals surface area contributed by atoms with Crippen LogP contribution in [-0.4, -0.2) is 31.0 Å². The number of carbonyl (C=O) groups excluding carboxylic acids is 3. The Morgan fingerprint density at radius 1 is 0.929 bits per heavy atom. The highest BCUT2D eigenvalue weighted by Gasteiger charge is 2.21. The summed E-state index contributed by atoms with van der Waals surface area (Å²) in [4.78, 5) is 35.6. The molecule has 1 atom stereocenters. The second-order valence-corrected chi connectivity index (χ2v) is 6.25. The van der Waals surface area contributed by atoms with Crippen LogP contribution in [0.15, 0.2) is 54.6 Å². The van der Waals surface area contributed by atoms with Crippen LogP contribution in [0.25, 0.3) is 0 Å². The van der Waals surface area contributed by atoms with Crippen molar-refractivity contribution in [2.24, 2.45) is 0 Å². The highest BCUT2D eigenvalue weighted by Crippen LogP contribution is 2.20. The molecule has 2 aromatic carbocycles. The van der Waals surface area contributed by atoms with Gasteiger partial charge in [0.2, 0.25) is 0 Å². The fourth-order valence-corrected chi connectivity index (χ4v) is 2.48. The maximum Gasteiger partial charge on any atom is 0.313 e. The van der Waals surface area contributed by atoms with Crippen LogP contribution in [0.3, 0.4) is 0 Å². The second kappa shape index (κ2) is 10.9. The number of hydrogen-bond donors (Lipinski definition) is 2. The van der Waals surface area contributed by atoms with Gasteiger partial charge in [-0.2, -0.15) is 0 Å². The molecule has 148 valence electrons. The first-order valence-corrected chi connectivity index (χ1v) is 9.05. The van der Waals surface area contributed by atoms with Crippen LogP contribution in [0, 0.1) is 0 Å². The molecule has 0 aliphatic heterocycles. The van der Waals surface area contributed by atoms with Crippen LogP contribution in [0.2, 0.25) is 5.02 Å². The van der Waals surface area contributed by atoms with Crippen molar-refractivity contribution in [3.8, 4) is 5.75 Å². The zero-order valence-corrected chi connectivity index (χ0v) is 16.1. The number of hydrazine groups is 1. The zero-order chi connectivity index (χ0) is 20.4. The van der Waals surface area contributed by atoms with Crippen LogP contribution in [0.4, 0.5) is 0 Å². The van der Waals surface area contributed by atoms with Crippen LogP contribution in [0.5, 0.6) is 5.75 Å². The topological polar surface area (TPSA) is 93.7 Å². The molecule has 0 heterocycles. The van der Waals surface area contributed by atoms with Crippen molar-refractivity contribution in [3.63, 3.8) is 0 Å². The fourth-order valence-electron chi connectivity index (χ4n) is 2.35. The van der Waals surface area contributed by atoms with E-state index in [9.17, 15) is 14.4 Å². The largest absolute Gasteiger partial charge is 0.484 e. The SMILES string of the molecule is CC[C@@H](C(=O)OCC(=O)NNC(=O)COc1ccc(Cl)cc1)c1ccccc1. The summed E-state index contributed by atoms with van der Waals surface area (Å²) in [5.41, 5.74) is 5.17. The molecule has 2 amide bonds. The summed E-state index contributed by atoms with van der Waals surface area (Å²) in [7, 11) is 0. The van der Waals surface area contributed by atoms with E-state index in [1.54, 1.807) is 24.3 Å². The van der Waals surface area contributed by atoms with Crippen molar-refractivity contribution >= 4 is 29.4 Å². The van der Waals surface area contributed by atoms with E-state index in [4.69, 9.17) is 21.1 Å². The monoisotopic (exact) mass is 404 g/mol. The van der Waals surface area contributed by atoms with Gasteiger partial charge in [0, 0.05) is 5.02 Å². The number of carbonyl (C=O) groups is 3. The number of hydrogen-bond acceptors (Lipinski definition) is 5. The van der Waals surface area contributed by atoms with E-state index in [2.05, 4.69) is 10.9 Å². The second-order valence-electron chi connectivity index (χ2n) is 5.82. The van der Waals surface area contributed by atoms with Gasteiger partial charge in [0.25, 0.3) is 11.8 Å². The van der Waals surface area contributed by atoms with E-state index in [-0.39, 0.29) is 6.61 Å². The van der Waals surface area contributed by atoms with E-state index in [0.717, 1.165) is 5.56 Å². The van der Waals surface area contributed by atoms with Gasteiger partial charge >= 0.3 is 5.97 Å². The van der Waals surface area contributed by atoms with Crippen LogP contribution >= 0.6 is 11.6 Å². The fraction of sp³-hybridized carbons (Fsp3) is 0.250. The molecular formula is C20H21ClN2O5. The molecule has 7 nitrogen and oxygen atoms in total. The van der Waals surface area contributed by atoms with Gasteiger partial charge in [-0.05, 0) is 36.2 Å². The van der Waals surface area contributed by atoms with Gasteiger partial charge < -0.3 is 9.47 Å². The number of nitrogens with one attached hydrogen (secondary N) is 2. The predicted octanol–water partition coefficient (Wildman–Crippen LogP) is 2.60. The van der Waals surface area contributed by atoms with Gasteiger partial charge in [0.1, 0.15) is 5.75 Å². The van der Waals surface area contributed by atoms with Crippen molar-refractivity contribution < 1.29 is 23.9 Å². The first-order chi connectivity index (χ1) is 13.5. The molecule has 0 aromatic heterocycles. The van der Waals surface area contributed by atoms with Crippen molar-refractivity contribution in [1.29, 1.82) is 0 Å². The molecule has 0 radical (unpaired) electrons. The molecule has 0 spiro atoms. The van der Waals surface area contributed by atoms with Gasteiger partial charge in [-0.15, -0.1) is 0 Å². The quantitative estimate of drug-likeness (QED) is 0.521. The summed E-state index contributed by atoms with van der Waals surface area (Å²) in [6.07, 6.45) is 0.545. The lowest BCUT2D eigenvalue weighted by atomic mass is 9.97. The summed E-state index contributed by atoms with van der Waals surface area (Å²) in [6.45, 7) is 1.06. The normalized spacial score (nSPS) is 11.2. The summed E-state index contributed by atoms with van der Waals surface area (Å²) in [6, 6.07) is 15.7. The molecule has 0 aliphatic carbocycles. The number of amides is 2. The van der Waals surface area contributed by atoms with E-state index in [0.29, 0.717) is 17.2 Å². The summed E-state index contributed by atoms with van der Waals surface area (Å²) >= 11 is 5.76. The first-order valence-electron chi connectivity index (χ1n) is 8.67. The molecule has 8 heteroatoms. The number of halogens is 1. The van der Waals surface area contributed by atoms with E-state index < -0.39 is 30.3 Å². The Bertz CT molecular complexity index is 796. The first kappa shape index (κ1) is 21.2. The Morgan fingerprint density at radius 2 is 1.54 bits per heavy atom. The Balaban J connectivity index is 1.69. The number of rotatable bonds is 8. The summed E-state index contributed by atoms with van der Waals surface area (Å²) < 4.78 is 10.3. The lowest BCUT2D eigenvalue weighted by Gasteiger charge is -2.14. The third-order valence-corrected chi connectivity index (χ3v) is 4.02. The molecule has 2 rings (SSSR count). The highest BCUT2D eigenvalue weighted by molar-refractivity contribution is 6.30. The molecular weight excluding hydrogens is 384 g/mol. The number of benzene rings is 2. The van der Waals surface area contributed by atoms with Crippen LogP contribution < -0.4 is 15.6 Å². The minimum Gasteiger partial charge on any atom is -0.484 e. The summed E-state index contributed by atoms with van der Waals surface area (Å²) in [5, 5.41) is 0.552. The lowest BCUT2D eigenvalue weighted by Crippen LogP contribution is -2.45. The van der Waals surface area contributed by atoms with Gasteiger partial charge in [-0.1, -0.05) is 48.9 Å². The Labute approximate surface area is 167 Å². The van der Waals surface area contributed by atoms with Gasteiger partial charge in [0.05, 0.1) is 5.92 Å². The third kappa shape index (κ3) is 6.92. The molecule has 0 saturated carbocycles. The predicted molar refractivity (Wildman–Crippen MR) is 104 cm³/mol. The minimum absolute atomic E-state index is 0.298. The standard InChI is InChI=1S/C20H21ClN2O5/c1-2-17(14-6-4-3-5-7-14)20(26)28-13-19(25)23-22-18(24)12-27-16-10-8-15(21)9-11-16/h3-11,17H,2,12-13H2,1H3,(H,22,24)(H,23,25)/t17-/m1/s1. The number of ether oxygens (including phenoxy) is 2. The van der Waals surface area contributed by atoms with Gasteiger partial charge in [0.15, 0.2) is 13.2 Å². The molecule has 0 unspecified atom stereocenters. The third-order valence-electron chi connectivity index (χ3n) is 3.77. The molecule has 0 fully saturated rings. The van der Waals surface area contributed by atoms with Crippen LogP contribution in [0.1, 0.15) is 24.8 Å². The summed E-state index contributed by atoms with van der Waals surface area (Å²) in [5.74, 6) is -1.70. The van der Waals surface area contributed by atoms with E-state index in [1.165, 1.54) is 0 Å². The minimum atomic E-state index is -0.656. The van der Waals surface area contributed by atoms with Gasteiger partial charge in [-0.3, -0.25) is 25.2 Å². The Kier molecular flexibility index (Phi) is 8.30. The average molecular weight is 405 g/mol.